The van der Waals surface area contributed by atoms with Crippen LogP contribution in [0.5, 0.6) is 0 Å². The first-order chi connectivity index (χ1) is 16.9. The molecule has 0 spiro atoms. The lowest BCUT2D eigenvalue weighted by molar-refractivity contribution is -0.166. The van der Waals surface area contributed by atoms with Gasteiger partial charge in [0.15, 0.2) is 0 Å². The van der Waals surface area contributed by atoms with E-state index in [0.29, 0.717) is 21.2 Å². The van der Waals surface area contributed by atoms with Crippen molar-refractivity contribution < 1.29 is 24.2 Å². The number of benzene rings is 3. The van der Waals surface area contributed by atoms with Gasteiger partial charge in [0.05, 0.1) is 12.2 Å². The number of carbonyl (C=O) groups excluding carboxylic acids is 2. The molecule has 1 atom stereocenters. The topological polar surface area (TPSA) is 72.8 Å². The van der Waals surface area contributed by atoms with Crippen LogP contribution in [0.3, 0.4) is 0 Å². The summed E-state index contributed by atoms with van der Waals surface area (Å²) in [5.41, 5.74) is -0.296. The Kier molecular flexibility index (Phi) is 11.3. The Morgan fingerprint density at radius 2 is 1.17 bits per heavy atom. The van der Waals surface area contributed by atoms with E-state index in [2.05, 4.69) is 12.6 Å². The van der Waals surface area contributed by atoms with Crippen molar-refractivity contribution in [2.75, 3.05) is 0 Å². The van der Waals surface area contributed by atoms with E-state index >= 15 is 0 Å². The van der Waals surface area contributed by atoms with Crippen molar-refractivity contribution in [3.05, 3.63) is 106 Å². The molecule has 8 heteroatoms. The number of ether oxygens (including phenoxy) is 2. The molecule has 0 aliphatic heterocycles. The number of rotatable bonds is 7. The van der Waals surface area contributed by atoms with Gasteiger partial charge in [-0.05, 0) is 68.7 Å². The van der Waals surface area contributed by atoms with E-state index in [4.69, 9.17) is 32.7 Å². The molecule has 5 nitrogen and oxygen atoms in total. The second kappa shape index (κ2) is 13.7. The number of hydrogen-bond acceptors (Lipinski definition) is 6. The van der Waals surface area contributed by atoms with Gasteiger partial charge in [0.1, 0.15) is 5.25 Å². The van der Waals surface area contributed by atoms with Crippen LogP contribution in [0.25, 0.3) is 0 Å². The quantitative estimate of drug-likeness (QED) is 0.251. The molecule has 0 amide bonds. The summed E-state index contributed by atoms with van der Waals surface area (Å²) >= 11 is 16.0. The Bertz CT molecular complexity index is 1070. The van der Waals surface area contributed by atoms with Crippen molar-refractivity contribution >= 4 is 47.8 Å². The maximum atomic E-state index is 12.5. The van der Waals surface area contributed by atoms with Crippen molar-refractivity contribution in [1.82, 2.24) is 0 Å². The Hall–Kier alpha value is -2.51. The maximum absolute atomic E-state index is 12.5. The average molecular weight is 550 g/mol. The highest BCUT2D eigenvalue weighted by atomic mass is 35.5. The van der Waals surface area contributed by atoms with Crippen LogP contribution in [0.4, 0.5) is 0 Å². The summed E-state index contributed by atoms with van der Waals surface area (Å²) in [7, 11) is 0. The normalized spacial score (nSPS) is 11.9. The Morgan fingerprint density at radius 1 is 0.750 bits per heavy atom. The minimum absolute atomic E-state index is 0.0964. The molecule has 1 N–H and O–H groups in total. The monoisotopic (exact) mass is 548 g/mol. The van der Waals surface area contributed by atoms with Crippen LogP contribution in [-0.4, -0.2) is 29.3 Å². The zero-order valence-electron chi connectivity index (χ0n) is 20.5. The lowest BCUT2D eigenvalue weighted by Gasteiger charge is -2.28. The number of hydrogen-bond donors (Lipinski definition) is 2. The second-order valence-electron chi connectivity index (χ2n) is 8.48. The van der Waals surface area contributed by atoms with E-state index in [1.807, 2.05) is 44.2 Å². The first-order valence-corrected chi connectivity index (χ1v) is 12.6. The maximum Gasteiger partial charge on any atom is 0.347 e. The summed E-state index contributed by atoms with van der Waals surface area (Å²) in [4.78, 5) is 24.0. The van der Waals surface area contributed by atoms with E-state index in [0.717, 1.165) is 5.56 Å². The fourth-order valence-corrected chi connectivity index (χ4v) is 3.64. The molecule has 192 valence electrons. The van der Waals surface area contributed by atoms with Gasteiger partial charge in [0.25, 0.3) is 0 Å². The fourth-order valence-electron chi connectivity index (χ4n) is 3.15. The molecular weight excluding hydrogens is 519 g/mol. The predicted octanol–water partition coefficient (Wildman–Crippen LogP) is 6.79. The molecule has 0 heterocycles. The highest BCUT2D eigenvalue weighted by Gasteiger charge is 2.42. The van der Waals surface area contributed by atoms with Crippen molar-refractivity contribution in [2.24, 2.45) is 0 Å². The minimum Gasteiger partial charge on any atom is -0.462 e. The van der Waals surface area contributed by atoms with Crippen LogP contribution < -0.4 is 0 Å². The van der Waals surface area contributed by atoms with Crippen LogP contribution in [0.1, 0.15) is 49.6 Å². The van der Waals surface area contributed by atoms with Crippen LogP contribution in [0, 0.1) is 0 Å². The molecule has 0 bridgehead atoms. The van der Waals surface area contributed by atoms with Crippen LogP contribution >= 0.6 is 35.8 Å². The van der Waals surface area contributed by atoms with Gasteiger partial charge in [-0.15, -0.1) is 0 Å². The summed E-state index contributed by atoms with van der Waals surface area (Å²) in [6, 6.07) is 22.2. The number of aliphatic hydroxyl groups is 1. The number of carbonyl (C=O) groups is 2. The summed E-state index contributed by atoms with van der Waals surface area (Å²) in [5.74, 6) is -1.04. The van der Waals surface area contributed by atoms with Crippen molar-refractivity contribution in [2.45, 2.75) is 50.8 Å². The minimum atomic E-state index is -1.92. The van der Waals surface area contributed by atoms with Gasteiger partial charge in [0, 0.05) is 10.0 Å². The van der Waals surface area contributed by atoms with Gasteiger partial charge in [-0.25, -0.2) is 4.79 Å². The van der Waals surface area contributed by atoms with Gasteiger partial charge >= 0.3 is 11.9 Å². The van der Waals surface area contributed by atoms with E-state index < -0.39 is 16.8 Å². The summed E-state index contributed by atoms with van der Waals surface area (Å²) in [6.07, 6.45) is -0.445. The number of esters is 2. The van der Waals surface area contributed by atoms with Crippen LogP contribution in [0.15, 0.2) is 78.9 Å². The van der Waals surface area contributed by atoms with Gasteiger partial charge in [0.2, 0.25) is 5.60 Å². The second-order valence-corrected chi connectivity index (χ2v) is 9.87. The zero-order chi connectivity index (χ0) is 26.9. The highest BCUT2D eigenvalue weighted by Crippen LogP contribution is 2.33. The van der Waals surface area contributed by atoms with Crippen LogP contribution in [-0.2, 0) is 24.7 Å². The zero-order valence-corrected chi connectivity index (χ0v) is 22.9. The third kappa shape index (κ3) is 8.27. The van der Waals surface area contributed by atoms with Gasteiger partial charge < -0.3 is 14.6 Å². The first kappa shape index (κ1) is 29.7. The molecule has 3 aromatic carbocycles. The molecule has 0 fully saturated rings. The Morgan fingerprint density at radius 3 is 1.56 bits per heavy atom. The molecule has 0 radical (unpaired) electrons. The lowest BCUT2D eigenvalue weighted by atomic mass is 9.86. The standard InChI is InChI=1S/C17H16Cl2O3.C11H14O2S/c1-11(2)22-16(20)17(21,12-3-7-14(18)8-4-12)13-5-9-15(19)10-6-13;1-8(2)13-11(12)10(14)9-6-4-3-5-7-9/h3-11,21H,1-2H3;3-8,10,14H,1-2H3. The predicted molar refractivity (Wildman–Crippen MR) is 147 cm³/mol. The molecule has 36 heavy (non-hydrogen) atoms. The summed E-state index contributed by atoms with van der Waals surface area (Å²) in [6.45, 7) is 7.09. The van der Waals surface area contributed by atoms with Crippen molar-refractivity contribution in [1.29, 1.82) is 0 Å². The van der Waals surface area contributed by atoms with E-state index in [-0.39, 0.29) is 18.2 Å². The molecule has 0 saturated heterocycles. The van der Waals surface area contributed by atoms with E-state index in [1.165, 1.54) is 0 Å². The molecule has 3 aromatic rings. The van der Waals surface area contributed by atoms with E-state index in [9.17, 15) is 14.7 Å². The molecule has 1 unspecified atom stereocenters. The van der Waals surface area contributed by atoms with E-state index in [1.54, 1.807) is 62.4 Å². The largest absolute Gasteiger partial charge is 0.462 e. The molecule has 0 saturated carbocycles. The highest BCUT2D eigenvalue weighted by molar-refractivity contribution is 7.81. The first-order valence-electron chi connectivity index (χ1n) is 11.3. The van der Waals surface area contributed by atoms with Gasteiger partial charge in [-0.2, -0.15) is 12.6 Å². The van der Waals surface area contributed by atoms with Crippen molar-refractivity contribution in [3.8, 4) is 0 Å². The third-order valence-electron chi connectivity index (χ3n) is 4.85. The molecule has 3 rings (SSSR count). The average Bonchev–Trinajstić information content (AvgIpc) is 2.84. The molecular formula is C28H30Cl2O5S. The molecule has 0 aromatic heterocycles. The molecule has 0 aliphatic rings. The molecule has 0 aliphatic carbocycles. The van der Waals surface area contributed by atoms with Gasteiger partial charge in [-0.3, -0.25) is 4.79 Å². The third-order valence-corrected chi connectivity index (χ3v) is 5.87. The summed E-state index contributed by atoms with van der Waals surface area (Å²) < 4.78 is 10.3. The smallest absolute Gasteiger partial charge is 0.347 e. The summed E-state index contributed by atoms with van der Waals surface area (Å²) in [5, 5.41) is 11.6. The fraction of sp³-hybridized carbons (Fsp3) is 0.286. The Labute approximate surface area is 227 Å². The van der Waals surface area contributed by atoms with Gasteiger partial charge in [-0.1, -0.05) is 77.8 Å². The SMILES string of the molecule is CC(C)OC(=O)C(O)(c1ccc(Cl)cc1)c1ccc(Cl)cc1.CC(C)OC(=O)C(S)c1ccccc1. The Balaban J connectivity index is 0.000000281. The number of halogens is 2. The van der Waals surface area contributed by atoms with Crippen molar-refractivity contribution in [3.63, 3.8) is 0 Å². The van der Waals surface area contributed by atoms with Crippen LogP contribution in [0.2, 0.25) is 10.0 Å². The number of thiol groups is 1. The lowest BCUT2D eigenvalue weighted by Crippen LogP contribution is -2.39.